The third kappa shape index (κ3) is 5.09. The van der Waals surface area contributed by atoms with Crippen molar-refractivity contribution < 1.29 is 0 Å². The number of benzene rings is 7. The third-order valence-corrected chi connectivity index (χ3v) is 13.7. The summed E-state index contributed by atoms with van der Waals surface area (Å²) >= 11 is 1.91. The van der Waals surface area contributed by atoms with Crippen molar-refractivity contribution in [3.8, 4) is 22.3 Å². The molecule has 1 aromatic heterocycles. The van der Waals surface area contributed by atoms with Gasteiger partial charge in [0.2, 0.25) is 0 Å². The first kappa shape index (κ1) is 32.6. The molecule has 8 aromatic rings. The summed E-state index contributed by atoms with van der Waals surface area (Å²) in [5, 5.41) is 2.63. The molecule has 3 atom stereocenters. The van der Waals surface area contributed by atoms with Crippen LogP contribution >= 0.6 is 11.3 Å². The molecular weight excluding hydrogens is 709 g/mol. The van der Waals surface area contributed by atoms with Crippen LogP contribution in [-0.4, -0.2) is 12.1 Å². The smallest absolute Gasteiger partial charge is 0.0639 e. The van der Waals surface area contributed by atoms with E-state index >= 15 is 0 Å². The number of rotatable bonds is 5. The maximum Gasteiger partial charge on any atom is 0.0639 e. The normalized spacial score (nSPS) is 19.2. The average Bonchev–Trinajstić information content (AvgIpc) is 3.94. The Labute approximate surface area is 337 Å². The van der Waals surface area contributed by atoms with Gasteiger partial charge in [0.25, 0.3) is 0 Å². The van der Waals surface area contributed by atoms with E-state index in [1.54, 1.807) is 0 Å². The molecule has 0 bridgehead atoms. The molecule has 0 N–H and O–H groups in total. The molecule has 3 heteroatoms. The molecule has 12 rings (SSSR count). The van der Waals surface area contributed by atoms with Crippen molar-refractivity contribution in [3.63, 3.8) is 0 Å². The summed E-state index contributed by atoms with van der Waals surface area (Å²) in [6, 6.07) is 63.0. The minimum absolute atomic E-state index is 0.122. The van der Waals surface area contributed by atoms with Gasteiger partial charge in [0.05, 0.1) is 12.1 Å². The van der Waals surface area contributed by atoms with E-state index in [-0.39, 0.29) is 18.0 Å². The molecule has 7 aromatic carbocycles. The lowest BCUT2D eigenvalue weighted by atomic mass is 9.81. The van der Waals surface area contributed by atoms with Gasteiger partial charge in [0.1, 0.15) is 0 Å². The van der Waals surface area contributed by atoms with Crippen molar-refractivity contribution in [3.05, 3.63) is 223 Å². The van der Waals surface area contributed by atoms with Crippen molar-refractivity contribution in [2.24, 2.45) is 0 Å². The Morgan fingerprint density at radius 1 is 0.526 bits per heavy atom. The molecule has 270 valence electrons. The number of allylic oxidation sites excluding steroid dienone is 4. The van der Waals surface area contributed by atoms with Crippen LogP contribution in [0, 0.1) is 0 Å². The van der Waals surface area contributed by atoms with Crippen molar-refractivity contribution >= 4 is 59.8 Å². The second-order valence-electron chi connectivity index (χ2n) is 15.5. The predicted molar refractivity (Wildman–Crippen MR) is 242 cm³/mol. The molecule has 0 fully saturated rings. The molecule has 0 saturated carbocycles. The topological polar surface area (TPSA) is 6.48 Å². The summed E-state index contributed by atoms with van der Waals surface area (Å²) in [5.74, 6) is 0.246. The van der Waals surface area contributed by atoms with E-state index in [1.807, 2.05) is 11.3 Å². The summed E-state index contributed by atoms with van der Waals surface area (Å²) in [7, 11) is 0. The molecule has 4 aliphatic rings. The van der Waals surface area contributed by atoms with Crippen LogP contribution in [0.3, 0.4) is 0 Å². The highest BCUT2D eigenvalue weighted by atomic mass is 32.1. The van der Waals surface area contributed by atoms with Crippen LogP contribution in [0.5, 0.6) is 0 Å². The van der Waals surface area contributed by atoms with Crippen molar-refractivity contribution in [1.29, 1.82) is 0 Å². The largest absolute Gasteiger partial charge is 0.333 e. The first-order valence-corrected chi connectivity index (χ1v) is 20.8. The molecule has 3 unspecified atom stereocenters. The highest BCUT2D eigenvalue weighted by molar-refractivity contribution is 7.26. The van der Waals surface area contributed by atoms with E-state index < -0.39 is 0 Å². The minimum atomic E-state index is 0.122. The highest BCUT2D eigenvalue weighted by Crippen LogP contribution is 2.54. The van der Waals surface area contributed by atoms with Gasteiger partial charge in [-0.1, -0.05) is 152 Å². The van der Waals surface area contributed by atoms with Crippen molar-refractivity contribution in [2.75, 3.05) is 9.80 Å². The van der Waals surface area contributed by atoms with Crippen LogP contribution in [-0.2, 0) is 0 Å². The SMILES string of the molecule is C1=CC(C2=CC3C(C=C2)c2ccccc2N3c2cc(-c3cccc(-c4ccccc4)c3)c3sc4ccccc4c3c2)=C2c3ccccc3N(c3ccccc3)C2C1. The fraction of sp³-hybridized carbons (Fsp3) is 0.0741. The first-order valence-electron chi connectivity index (χ1n) is 20.0. The summed E-state index contributed by atoms with van der Waals surface area (Å²) in [5.41, 5.74) is 16.8. The van der Waals surface area contributed by atoms with Gasteiger partial charge in [0, 0.05) is 60.0 Å². The molecule has 3 heterocycles. The van der Waals surface area contributed by atoms with E-state index in [1.165, 1.54) is 93.0 Å². The maximum atomic E-state index is 2.63. The zero-order valence-electron chi connectivity index (χ0n) is 31.3. The fourth-order valence-electron chi connectivity index (χ4n) is 9.99. The van der Waals surface area contributed by atoms with Crippen LogP contribution in [0.25, 0.3) is 48.0 Å². The van der Waals surface area contributed by atoms with Crippen molar-refractivity contribution in [1.82, 2.24) is 0 Å². The standard InChI is InChI=1S/C54H38N2S/c1-3-15-35(16-4-1)36-17-13-18-37(31-36)46-33-40(34-47-44-22-9-12-28-52(44)57-54(46)47)56-48-25-10-7-21-42(48)43-30-29-38(32-51(43)56)41-24-14-27-50-53(41)45-23-8-11-26-49(45)55(50)39-19-5-2-6-20-39/h1-26,28-34,43,50-51H,27H2. The van der Waals surface area contributed by atoms with Gasteiger partial charge < -0.3 is 9.80 Å². The third-order valence-electron chi connectivity index (χ3n) is 12.5. The molecule has 57 heavy (non-hydrogen) atoms. The van der Waals surface area contributed by atoms with E-state index in [2.05, 4.69) is 210 Å². The number of nitrogens with zero attached hydrogens (tertiary/aromatic N) is 2. The summed E-state index contributed by atoms with van der Waals surface area (Å²) in [6.45, 7) is 0. The van der Waals surface area contributed by atoms with Crippen LogP contribution in [0.2, 0.25) is 0 Å². The zero-order chi connectivity index (χ0) is 37.5. The quantitative estimate of drug-likeness (QED) is 0.173. The van der Waals surface area contributed by atoms with E-state index in [9.17, 15) is 0 Å². The number of hydrogen-bond acceptors (Lipinski definition) is 3. The van der Waals surface area contributed by atoms with Gasteiger partial charge in [-0.15, -0.1) is 11.3 Å². The Morgan fingerprint density at radius 3 is 2.16 bits per heavy atom. The number of para-hydroxylation sites is 3. The van der Waals surface area contributed by atoms with Gasteiger partial charge in [0.15, 0.2) is 0 Å². The number of fused-ring (bicyclic) bond motifs is 9. The Hall–Kier alpha value is -6.68. The van der Waals surface area contributed by atoms with Gasteiger partial charge in [-0.05, 0) is 93.9 Å². The highest BCUT2D eigenvalue weighted by Gasteiger charge is 2.41. The molecule has 2 aliphatic heterocycles. The molecule has 0 radical (unpaired) electrons. The van der Waals surface area contributed by atoms with Gasteiger partial charge in [-0.3, -0.25) is 0 Å². The van der Waals surface area contributed by atoms with E-state index in [0.717, 1.165) is 6.42 Å². The van der Waals surface area contributed by atoms with E-state index in [4.69, 9.17) is 0 Å². The van der Waals surface area contributed by atoms with Crippen LogP contribution in [0.1, 0.15) is 23.5 Å². The Kier molecular flexibility index (Phi) is 7.39. The van der Waals surface area contributed by atoms with Gasteiger partial charge in [-0.2, -0.15) is 0 Å². The summed E-state index contributed by atoms with van der Waals surface area (Å²) < 4.78 is 2.66. The lowest BCUT2D eigenvalue weighted by Crippen LogP contribution is -2.30. The first-order chi connectivity index (χ1) is 28.3. The van der Waals surface area contributed by atoms with E-state index in [0.29, 0.717) is 0 Å². The van der Waals surface area contributed by atoms with Crippen LogP contribution < -0.4 is 9.80 Å². The lowest BCUT2D eigenvalue weighted by molar-refractivity contribution is 0.739. The Morgan fingerprint density at radius 2 is 1.26 bits per heavy atom. The zero-order valence-corrected chi connectivity index (χ0v) is 32.1. The molecule has 2 aliphatic carbocycles. The van der Waals surface area contributed by atoms with Gasteiger partial charge in [-0.25, -0.2) is 0 Å². The number of thiophene rings is 1. The maximum absolute atomic E-state index is 2.63. The fourth-order valence-corrected chi connectivity index (χ4v) is 11.2. The Bertz CT molecular complexity index is 3020. The van der Waals surface area contributed by atoms with Crippen LogP contribution in [0.4, 0.5) is 22.7 Å². The van der Waals surface area contributed by atoms with Gasteiger partial charge >= 0.3 is 0 Å². The Balaban J connectivity index is 1.04. The minimum Gasteiger partial charge on any atom is -0.333 e. The second-order valence-corrected chi connectivity index (χ2v) is 16.6. The van der Waals surface area contributed by atoms with Crippen LogP contribution in [0.15, 0.2) is 211 Å². The second kappa shape index (κ2) is 12.9. The average molecular weight is 747 g/mol. The molecule has 2 nitrogen and oxygen atoms in total. The molecule has 0 saturated heterocycles. The molecular formula is C54H38N2S. The van der Waals surface area contributed by atoms with Crippen molar-refractivity contribution in [2.45, 2.75) is 24.4 Å². The molecule has 0 spiro atoms. The summed E-state index contributed by atoms with van der Waals surface area (Å²) in [4.78, 5) is 5.19. The predicted octanol–water partition coefficient (Wildman–Crippen LogP) is 14.4. The monoisotopic (exact) mass is 746 g/mol. The summed E-state index contributed by atoms with van der Waals surface area (Å²) in [6.07, 6.45) is 13.2. The number of anilines is 4. The number of hydrogen-bond donors (Lipinski definition) is 0. The molecule has 0 amide bonds. The lowest BCUT2D eigenvalue weighted by Gasteiger charge is -2.33.